The van der Waals surface area contributed by atoms with Crippen molar-refractivity contribution in [2.45, 2.75) is 200 Å². The highest BCUT2D eigenvalue weighted by Gasteiger charge is 2.44. The van der Waals surface area contributed by atoms with Gasteiger partial charge in [0, 0.05) is 47.5 Å². The number of benzene rings is 3. The van der Waals surface area contributed by atoms with Crippen molar-refractivity contribution in [1.29, 1.82) is 0 Å². The van der Waals surface area contributed by atoms with Gasteiger partial charge >= 0.3 is 0 Å². The lowest BCUT2D eigenvalue weighted by atomic mass is 9.81. The van der Waals surface area contributed by atoms with Gasteiger partial charge in [0.05, 0.1) is 5.41 Å². The number of allylic oxidation sites excluding steroid dienone is 7. The molecule has 0 unspecified atom stereocenters. The topological polar surface area (TPSA) is 108 Å². The van der Waals surface area contributed by atoms with Gasteiger partial charge in [0.1, 0.15) is 18.1 Å². The molecular formula is C60H85ClN2O5. The van der Waals surface area contributed by atoms with Crippen molar-refractivity contribution in [1.82, 2.24) is 0 Å². The van der Waals surface area contributed by atoms with E-state index in [1.807, 2.05) is 0 Å². The van der Waals surface area contributed by atoms with E-state index in [-0.39, 0.29) is 10.8 Å². The van der Waals surface area contributed by atoms with E-state index in [4.69, 9.17) is 23.4 Å². The van der Waals surface area contributed by atoms with Gasteiger partial charge in [-0.1, -0.05) is 198 Å². The summed E-state index contributed by atoms with van der Waals surface area (Å²) in [6, 6.07) is 28.7. The molecule has 0 saturated heterocycles. The molecule has 0 fully saturated rings. The van der Waals surface area contributed by atoms with Crippen LogP contribution >= 0.6 is 0 Å². The van der Waals surface area contributed by atoms with E-state index in [9.17, 15) is 0 Å². The minimum Gasteiger partial charge on any atom is -0.457 e. The summed E-state index contributed by atoms with van der Waals surface area (Å²) in [6.45, 7) is 16.4. The molecule has 0 aromatic heterocycles. The number of halogens is 1. The lowest BCUT2D eigenvalue weighted by Gasteiger charge is -2.27. The third-order valence-corrected chi connectivity index (χ3v) is 14.4. The summed E-state index contributed by atoms with van der Waals surface area (Å²) in [4.78, 5) is 2.64. The van der Waals surface area contributed by atoms with Crippen LogP contribution in [0.25, 0.3) is 0 Å². The highest BCUT2D eigenvalue weighted by Crippen LogP contribution is 2.48. The number of unbranched alkanes of at least 4 members (excludes halogenated alkanes) is 18. The van der Waals surface area contributed by atoms with Crippen molar-refractivity contribution in [3.8, 4) is 5.75 Å². The second-order valence-corrected chi connectivity index (χ2v) is 21.2. The largest absolute Gasteiger partial charge is 0.457 e. The zero-order chi connectivity index (χ0) is 48.8. The van der Waals surface area contributed by atoms with Gasteiger partial charge in [0.15, 0.2) is 5.71 Å². The Morgan fingerprint density at radius 1 is 0.574 bits per heavy atom. The first-order valence-corrected chi connectivity index (χ1v) is 27.8. The van der Waals surface area contributed by atoms with Crippen LogP contribution in [-0.4, -0.2) is 23.4 Å². The van der Waals surface area contributed by atoms with Gasteiger partial charge in [-0.25, -0.2) is 18.6 Å². The molecule has 372 valence electrons. The molecule has 3 aromatic carbocycles. The summed E-state index contributed by atoms with van der Waals surface area (Å²) < 4.78 is 43.6. The Morgan fingerprint density at radius 2 is 1.09 bits per heavy atom. The number of anilines is 1. The fourth-order valence-electron chi connectivity index (χ4n) is 10.6. The fourth-order valence-corrected chi connectivity index (χ4v) is 10.6. The quantitative estimate of drug-likeness (QED) is 0.0556. The third-order valence-electron chi connectivity index (χ3n) is 14.4. The van der Waals surface area contributed by atoms with Crippen LogP contribution in [0.1, 0.15) is 200 Å². The van der Waals surface area contributed by atoms with Crippen LogP contribution in [0.15, 0.2) is 126 Å². The van der Waals surface area contributed by atoms with Crippen LogP contribution < -0.4 is 28.3 Å². The van der Waals surface area contributed by atoms with Crippen molar-refractivity contribution in [2.75, 3.05) is 18.0 Å². The smallest absolute Gasteiger partial charge is 0.209 e. The average Bonchev–Trinajstić information content (AvgIpc) is 3.66. The highest BCUT2D eigenvalue weighted by atomic mass is 35.7. The Morgan fingerprint density at radius 3 is 1.69 bits per heavy atom. The van der Waals surface area contributed by atoms with Crippen molar-refractivity contribution in [3.63, 3.8) is 0 Å². The van der Waals surface area contributed by atoms with Crippen molar-refractivity contribution >= 4 is 17.1 Å². The van der Waals surface area contributed by atoms with Crippen LogP contribution in [0.5, 0.6) is 5.75 Å². The number of rotatable bonds is 27. The molecule has 0 amide bonds. The molecule has 0 radical (unpaired) electrons. The first kappa shape index (κ1) is 55.0. The normalized spacial score (nSPS) is 17.6. The van der Waals surface area contributed by atoms with Crippen molar-refractivity contribution in [2.24, 2.45) is 0 Å². The maximum absolute atomic E-state index is 8.49. The lowest BCUT2D eigenvalue weighted by molar-refractivity contribution is -2.00. The van der Waals surface area contributed by atoms with Crippen molar-refractivity contribution < 1.29 is 38.2 Å². The summed E-state index contributed by atoms with van der Waals surface area (Å²) >= 11 is 0. The van der Waals surface area contributed by atoms with E-state index in [0.717, 1.165) is 43.9 Å². The Labute approximate surface area is 414 Å². The van der Waals surface area contributed by atoms with Gasteiger partial charge in [-0.15, -0.1) is 10.2 Å². The first-order valence-electron chi connectivity index (χ1n) is 26.6. The highest BCUT2D eigenvalue weighted by molar-refractivity contribution is 6.03. The average molecular weight is 950 g/mol. The second kappa shape index (κ2) is 28.0. The van der Waals surface area contributed by atoms with Crippen LogP contribution in [0.3, 0.4) is 0 Å². The van der Waals surface area contributed by atoms with E-state index in [0.29, 0.717) is 0 Å². The van der Waals surface area contributed by atoms with E-state index in [2.05, 4.69) is 154 Å². The number of hydrogen-bond acceptors (Lipinski definition) is 6. The summed E-state index contributed by atoms with van der Waals surface area (Å²) in [5.41, 5.74) is 10.9. The minimum absolute atomic E-state index is 0.0783. The number of hydrogen-bond donors (Lipinski definition) is 0. The number of nitrogens with zero attached hydrogens (tertiary/aromatic N) is 2. The molecule has 2 aliphatic heterocycles. The van der Waals surface area contributed by atoms with Gasteiger partial charge < -0.3 is 9.64 Å². The molecule has 0 spiro atoms. The number of ether oxygens (including phenoxy) is 1. The predicted molar refractivity (Wildman–Crippen MR) is 273 cm³/mol. The van der Waals surface area contributed by atoms with Crippen LogP contribution in [0, 0.1) is 10.2 Å². The first-order chi connectivity index (χ1) is 32.8. The second-order valence-electron chi connectivity index (χ2n) is 20.4. The molecule has 7 nitrogen and oxygen atoms in total. The van der Waals surface area contributed by atoms with Crippen LogP contribution in [-0.2, 0) is 10.8 Å². The van der Waals surface area contributed by atoms with Crippen LogP contribution in [0.4, 0.5) is 11.4 Å². The summed E-state index contributed by atoms with van der Waals surface area (Å²) in [6.07, 6.45) is 40.0. The van der Waals surface area contributed by atoms with E-state index < -0.39 is 10.2 Å². The van der Waals surface area contributed by atoms with Gasteiger partial charge in [-0.3, -0.25) is 0 Å². The predicted octanol–water partition coefficient (Wildman–Crippen LogP) is 12.8. The molecule has 3 aliphatic rings. The Balaban J connectivity index is 0.00000164. The van der Waals surface area contributed by atoms with Gasteiger partial charge in [0.2, 0.25) is 5.69 Å². The molecule has 8 heteroatoms. The number of para-hydroxylation sites is 3. The summed E-state index contributed by atoms with van der Waals surface area (Å²) in [5.74, 6) is 1.93. The van der Waals surface area contributed by atoms with Gasteiger partial charge in [-0.2, -0.15) is 4.58 Å². The minimum atomic E-state index is -4.94. The zero-order valence-electron chi connectivity index (χ0n) is 42.8. The molecule has 68 heavy (non-hydrogen) atoms. The van der Waals surface area contributed by atoms with Gasteiger partial charge in [-0.05, 0) is 93.0 Å². The molecule has 6 rings (SSSR count). The molecule has 3 aromatic rings. The Hall–Kier alpha value is -3.98. The SMILES string of the molecule is CCCCCCCCCCCCN1/C(=C/C=C2\CCCC(/C=C/C3=[N+](CCCCCCCCCCCC)c4ccccc4C3(C)C)=C2Oc2ccccc2)C(C)(C)c2ccccc21.[O-][Cl+3]([O-])([O-])[O-]. The van der Waals surface area contributed by atoms with E-state index in [1.165, 1.54) is 173 Å². The standard InChI is InChI=1S/C60H85N2O.ClHO4/c1-7-9-11-13-15-17-19-21-23-32-47-61-54-41-30-28-39-52(54)59(3,4)56(61)45-43-49-35-34-36-50(58(49)63-51-37-26-25-27-38-51)44-46-57-60(5,6)53-40-29-31-42-55(53)62(57)48-33-24-22-20-18-16-14-12-10-8-2;2-1(3,4)5/h25-31,37-46H,7-24,32-36,47-48H2,1-6H3;(H,2,3,4,5)/q+1;/p-1. The molecule has 0 N–H and O–H groups in total. The monoisotopic (exact) mass is 949 g/mol. The molecule has 0 saturated carbocycles. The van der Waals surface area contributed by atoms with Crippen LogP contribution in [0.2, 0.25) is 0 Å². The Kier molecular flexibility index (Phi) is 22.6. The van der Waals surface area contributed by atoms with E-state index in [1.54, 1.807) is 0 Å². The lowest BCUT2D eigenvalue weighted by Crippen LogP contribution is -2.68. The molecule has 2 heterocycles. The maximum atomic E-state index is 8.49. The molecule has 0 atom stereocenters. The maximum Gasteiger partial charge on any atom is 0.209 e. The Bertz CT molecular complexity index is 2140. The molecule has 1 aliphatic carbocycles. The third kappa shape index (κ3) is 16.6. The summed E-state index contributed by atoms with van der Waals surface area (Å²) in [7, 11) is -4.94. The molecular weight excluding hydrogens is 864 g/mol. The van der Waals surface area contributed by atoms with Gasteiger partial charge in [0.25, 0.3) is 0 Å². The summed E-state index contributed by atoms with van der Waals surface area (Å²) in [5, 5.41) is 0. The molecule has 0 bridgehead atoms. The zero-order valence-corrected chi connectivity index (χ0v) is 43.6. The van der Waals surface area contributed by atoms with Crippen molar-refractivity contribution in [3.05, 3.63) is 137 Å². The number of fused-ring (bicyclic) bond motifs is 2. The van der Waals surface area contributed by atoms with E-state index >= 15 is 0 Å². The fraction of sp³-hybridized carbons (Fsp3) is 0.550.